The van der Waals surface area contributed by atoms with Crippen LogP contribution in [-0.2, 0) is 9.47 Å². The van der Waals surface area contributed by atoms with E-state index in [0.717, 1.165) is 6.07 Å². The quantitative estimate of drug-likeness (QED) is 0.424. The summed E-state index contributed by atoms with van der Waals surface area (Å²) in [6.45, 7) is 2.11. The van der Waals surface area contributed by atoms with E-state index in [9.17, 15) is 14.5 Å². The van der Waals surface area contributed by atoms with Gasteiger partial charge in [0.25, 0.3) is 5.69 Å². The second-order valence-electron chi connectivity index (χ2n) is 3.80. The molecule has 0 bridgehead atoms. The molecule has 0 heterocycles. The normalized spacial score (nSPS) is 10.4. The Labute approximate surface area is 110 Å². The number of anilines is 1. The van der Waals surface area contributed by atoms with Crippen molar-refractivity contribution in [2.24, 2.45) is 0 Å². The lowest BCUT2D eigenvalue weighted by Crippen LogP contribution is -2.09. The average Bonchev–Trinajstić information content (AvgIpc) is 2.39. The SMILES string of the molecule is COCCOCCCNc1ccc(F)cc1[N+](=O)[O-]. The van der Waals surface area contributed by atoms with Crippen LogP contribution in [0.15, 0.2) is 18.2 Å². The number of nitrogens with one attached hydrogen (secondary N) is 1. The summed E-state index contributed by atoms with van der Waals surface area (Å²) < 4.78 is 23.0. The van der Waals surface area contributed by atoms with Gasteiger partial charge in [0, 0.05) is 20.3 Å². The van der Waals surface area contributed by atoms with Crippen molar-refractivity contribution < 1.29 is 18.8 Å². The molecule has 106 valence electrons. The van der Waals surface area contributed by atoms with Crippen LogP contribution in [0.25, 0.3) is 0 Å². The molecule has 19 heavy (non-hydrogen) atoms. The fraction of sp³-hybridized carbons (Fsp3) is 0.500. The molecule has 0 aliphatic rings. The zero-order chi connectivity index (χ0) is 14.1. The Hall–Kier alpha value is -1.73. The lowest BCUT2D eigenvalue weighted by atomic mass is 10.2. The van der Waals surface area contributed by atoms with Crippen LogP contribution in [0.1, 0.15) is 6.42 Å². The third-order valence-electron chi connectivity index (χ3n) is 2.37. The Morgan fingerprint density at radius 3 is 2.84 bits per heavy atom. The summed E-state index contributed by atoms with van der Waals surface area (Å²) >= 11 is 0. The van der Waals surface area contributed by atoms with Crippen molar-refractivity contribution in [3.8, 4) is 0 Å². The van der Waals surface area contributed by atoms with Gasteiger partial charge in [0.1, 0.15) is 11.5 Å². The van der Waals surface area contributed by atoms with Gasteiger partial charge in [0.15, 0.2) is 0 Å². The molecule has 0 amide bonds. The van der Waals surface area contributed by atoms with Crippen molar-refractivity contribution in [3.05, 3.63) is 34.1 Å². The Balaban J connectivity index is 2.35. The number of nitro groups is 1. The molecule has 1 aromatic carbocycles. The molecule has 1 rings (SSSR count). The van der Waals surface area contributed by atoms with Crippen LogP contribution in [0.4, 0.5) is 15.8 Å². The second-order valence-corrected chi connectivity index (χ2v) is 3.80. The van der Waals surface area contributed by atoms with Crippen LogP contribution in [0.2, 0.25) is 0 Å². The first-order chi connectivity index (χ1) is 9.15. The summed E-state index contributed by atoms with van der Waals surface area (Å²) in [6.07, 6.45) is 0.693. The zero-order valence-corrected chi connectivity index (χ0v) is 10.7. The van der Waals surface area contributed by atoms with E-state index in [2.05, 4.69) is 5.32 Å². The topological polar surface area (TPSA) is 73.6 Å². The molecule has 0 radical (unpaired) electrons. The molecule has 7 heteroatoms. The first-order valence-electron chi connectivity index (χ1n) is 5.89. The fourth-order valence-corrected chi connectivity index (χ4v) is 1.45. The van der Waals surface area contributed by atoms with Gasteiger partial charge in [-0.1, -0.05) is 0 Å². The molecule has 1 N–H and O–H groups in total. The highest BCUT2D eigenvalue weighted by atomic mass is 19.1. The van der Waals surface area contributed by atoms with Crippen molar-refractivity contribution >= 4 is 11.4 Å². The lowest BCUT2D eigenvalue weighted by Gasteiger charge is -2.07. The summed E-state index contributed by atoms with van der Waals surface area (Å²) in [5.41, 5.74) is 0.0450. The Bertz CT molecular complexity index is 415. The summed E-state index contributed by atoms with van der Waals surface area (Å²) in [7, 11) is 1.60. The van der Waals surface area contributed by atoms with Crippen LogP contribution < -0.4 is 5.32 Å². The van der Waals surface area contributed by atoms with E-state index >= 15 is 0 Å². The number of nitrogens with zero attached hydrogens (tertiary/aromatic N) is 1. The van der Waals surface area contributed by atoms with E-state index in [0.29, 0.717) is 38.5 Å². The third kappa shape index (κ3) is 5.62. The van der Waals surface area contributed by atoms with Crippen LogP contribution in [0.5, 0.6) is 0 Å². The summed E-state index contributed by atoms with van der Waals surface area (Å²) in [5, 5.41) is 13.6. The maximum atomic E-state index is 12.9. The van der Waals surface area contributed by atoms with E-state index in [-0.39, 0.29) is 5.69 Å². The first kappa shape index (κ1) is 15.3. The van der Waals surface area contributed by atoms with Gasteiger partial charge < -0.3 is 14.8 Å². The van der Waals surface area contributed by atoms with Crippen LogP contribution in [0, 0.1) is 15.9 Å². The van der Waals surface area contributed by atoms with Gasteiger partial charge in [0.2, 0.25) is 0 Å². The number of nitro benzene ring substituents is 1. The van der Waals surface area contributed by atoms with Gasteiger partial charge in [-0.3, -0.25) is 10.1 Å². The predicted molar refractivity (Wildman–Crippen MR) is 68.9 cm³/mol. The molecule has 0 unspecified atom stereocenters. The van der Waals surface area contributed by atoms with Crippen molar-refractivity contribution in [1.29, 1.82) is 0 Å². The average molecular weight is 272 g/mol. The number of methoxy groups -OCH3 is 1. The van der Waals surface area contributed by atoms with Crippen LogP contribution in [0.3, 0.4) is 0 Å². The molecule has 0 aromatic heterocycles. The van der Waals surface area contributed by atoms with Gasteiger partial charge >= 0.3 is 0 Å². The van der Waals surface area contributed by atoms with E-state index in [1.165, 1.54) is 12.1 Å². The molecular formula is C12H17FN2O4. The predicted octanol–water partition coefficient (Wildman–Crippen LogP) is 2.20. The van der Waals surface area contributed by atoms with Crippen molar-refractivity contribution in [2.75, 3.05) is 38.8 Å². The van der Waals surface area contributed by atoms with Crippen molar-refractivity contribution in [1.82, 2.24) is 0 Å². The van der Waals surface area contributed by atoms with Gasteiger partial charge in [-0.2, -0.15) is 0 Å². The molecule has 6 nitrogen and oxygen atoms in total. The lowest BCUT2D eigenvalue weighted by molar-refractivity contribution is -0.384. The molecule has 0 saturated heterocycles. The van der Waals surface area contributed by atoms with E-state index in [1.807, 2.05) is 0 Å². The highest BCUT2D eigenvalue weighted by Gasteiger charge is 2.14. The minimum absolute atomic E-state index is 0.264. The smallest absolute Gasteiger partial charge is 0.295 e. The van der Waals surface area contributed by atoms with Gasteiger partial charge in [-0.05, 0) is 18.6 Å². The van der Waals surface area contributed by atoms with Gasteiger partial charge in [0.05, 0.1) is 24.2 Å². The fourth-order valence-electron chi connectivity index (χ4n) is 1.45. The summed E-state index contributed by atoms with van der Waals surface area (Å²) in [4.78, 5) is 10.1. The molecule has 0 fully saturated rings. The Kier molecular flexibility index (Phi) is 6.76. The molecule has 0 atom stereocenters. The maximum absolute atomic E-state index is 12.9. The zero-order valence-electron chi connectivity index (χ0n) is 10.7. The molecule has 0 aliphatic carbocycles. The van der Waals surface area contributed by atoms with E-state index in [1.54, 1.807) is 7.11 Å². The molecule has 0 spiro atoms. The van der Waals surface area contributed by atoms with E-state index in [4.69, 9.17) is 9.47 Å². The van der Waals surface area contributed by atoms with E-state index < -0.39 is 10.7 Å². The Morgan fingerprint density at radius 1 is 1.37 bits per heavy atom. The first-order valence-corrected chi connectivity index (χ1v) is 5.89. The second kappa shape index (κ2) is 8.39. The largest absolute Gasteiger partial charge is 0.382 e. The number of ether oxygens (including phenoxy) is 2. The van der Waals surface area contributed by atoms with Crippen LogP contribution in [-0.4, -0.2) is 38.4 Å². The number of rotatable bonds is 9. The minimum atomic E-state index is -0.625. The van der Waals surface area contributed by atoms with Crippen LogP contribution >= 0.6 is 0 Å². The Morgan fingerprint density at radius 2 is 2.16 bits per heavy atom. The highest BCUT2D eigenvalue weighted by Crippen LogP contribution is 2.24. The van der Waals surface area contributed by atoms with Gasteiger partial charge in [-0.15, -0.1) is 0 Å². The molecule has 0 aliphatic heterocycles. The molecule has 1 aromatic rings. The monoisotopic (exact) mass is 272 g/mol. The highest BCUT2D eigenvalue weighted by molar-refractivity contribution is 5.61. The molecular weight excluding hydrogens is 255 g/mol. The third-order valence-corrected chi connectivity index (χ3v) is 2.37. The van der Waals surface area contributed by atoms with Crippen molar-refractivity contribution in [3.63, 3.8) is 0 Å². The minimum Gasteiger partial charge on any atom is -0.382 e. The number of hydrogen-bond acceptors (Lipinski definition) is 5. The van der Waals surface area contributed by atoms with Crippen molar-refractivity contribution in [2.45, 2.75) is 6.42 Å². The standard InChI is InChI=1S/C12H17FN2O4/c1-18-7-8-19-6-2-5-14-11-4-3-10(13)9-12(11)15(16)17/h3-4,9,14H,2,5-8H2,1H3. The number of benzene rings is 1. The summed E-state index contributed by atoms with van der Waals surface area (Å²) in [6, 6.07) is 3.45. The summed E-state index contributed by atoms with van der Waals surface area (Å²) in [5.74, 6) is -0.625. The molecule has 0 saturated carbocycles. The van der Waals surface area contributed by atoms with Gasteiger partial charge in [-0.25, -0.2) is 4.39 Å². The maximum Gasteiger partial charge on any atom is 0.295 e. The number of hydrogen-bond donors (Lipinski definition) is 1. The number of halogens is 1.